The summed E-state index contributed by atoms with van der Waals surface area (Å²) in [5.41, 5.74) is 0. The molecule has 1 heterocycles. The van der Waals surface area contributed by atoms with Crippen LogP contribution in [0.25, 0.3) is 0 Å². The topological polar surface area (TPSA) is 52.6 Å². The first kappa shape index (κ1) is 12.0. The molecule has 0 aliphatic carbocycles. The SMILES string of the molecule is CC(=O)OC(C(C)C)C1OC(=O)CC1C. The quantitative estimate of drug-likeness (QED) is 0.668. The van der Waals surface area contributed by atoms with Crippen molar-refractivity contribution in [3.63, 3.8) is 0 Å². The van der Waals surface area contributed by atoms with E-state index in [4.69, 9.17) is 9.47 Å². The molecule has 0 spiro atoms. The molecule has 0 aromatic rings. The van der Waals surface area contributed by atoms with Crippen LogP contribution in [0.3, 0.4) is 0 Å². The molecule has 0 saturated carbocycles. The Hall–Kier alpha value is -1.06. The van der Waals surface area contributed by atoms with Crippen molar-refractivity contribution in [1.29, 1.82) is 0 Å². The molecule has 1 aliphatic heterocycles. The highest BCUT2D eigenvalue weighted by molar-refractivity contribution is 5.72. The van der Waals surface area contributed by atoms with Crippen LogP contribution in [0, 0.1) is 11.8 Å². The zero-order valence-corrected chi connectivity index (χ0v) is 9.65. The Labute approximate surface area is 89.9 Å². The number of esters is 2. The normalized spacial score (nSPS) is 27.7. The van der Waals surface area contributed by atoms with Crippen molar-refractivity contribution in [3.8, 4) is 0 Å². The van der Waals surface area contributed by atoms with Crippen LogP contribution in [-0.2, 0) is 19.1 Å². The summed E-state index contributed by atoms with van der Waals surface area (Å²) in [5.74, 6) is -0.273. The molecular formula is C11H18O4. The fourth-order valence-electron chi connectivity index (χ4n) is 1.86. The van der Waals surface area contributed by atoms with E-state index in [1.807, 2.05) is 20.8 Å². The van der Waals surface area contributed by atoms with Gasteiger partial charge < -0.3 is 9.47 Å². The average Bonchev–Trinajstić information content (AvgIpc) is 2.40. The van der Waals surface area contributed by atoms with Gasteiger partial charge in [-0.25, -0.2) is 0 Å². The van der Waals surface area contributed by atoms with Gasteiger partial charge in [0.25, 0.3) is 0 Å². The third kappa shape index (κ3) is 2.94. The van der Waals surface area contributed by atoms with Gasteiger partial charge in [0, 0.05) is 12.8 Å². The number of hydrogen-bond acceptors (Lipinski definition) is 4. The first-order valence-electron chi connectivity index (χ1n) is 5.28. The molecular weight excluding hydrogens is 196 g/mol. The van der Waals surface area contributed by atoms with Crippen LogP contribution in [0.1, 0.15) is 34.1 Å². The summed E-state index contributed by atoms with van der Waals surface area (Å²) in [6.07, 6.45) is -0.208. The summed E-state index contributed by atoms with van der Waals surface area (Å²) in [7, 11) is 0. The second kappa shape index (κ2) is 4.64. The highest BCUT2D eigenvalue weighted by Crippen LogP contribution is 2.29. The van der Waals surface area contributed by atoms with Gasteiger partial charge in [0.1, 0.15) is 12.2 Å². The zero-order chi connectivity index (χ0) is 11.6. The molecule has 0 bridgehead atoms. The Balaban J connectivity index is 2.71. The van der Waals surface area contributed by atoms with E-state index in [2.05, 4.69) is 0 Å². The van der Waals surface area contributed by atoms with Crippen molar-refractivity contribution in [3.05, 3.63) is 0 Å². The largest absolute Gasteiger partial charge is 0.458 e. The third-order valence-corrected chi connectivity index (χ3v) is 2.60. The predicted molar refractivity (Wildman–Crippen MR) is 54.1 cm³/mol. The van der Waals surface area contributed by atoms with Crippen molar-refractivity contribution in [2.24, 2.45) is 11.8 Å². The van der Waals surface area contributed by atoms with Gasteiger partial charge in [-0.15, -0.1) is 0 Å². The first-order valence-corrected chi connectivity index (χ1v) is 5.28. The summed E-state index contributed by atoms with van der Waals surface area (Å²) in [6, 6.07) is 0. The molecule has 86 valence electrons. The maximum Gasteiger partial charge on any atom is 0.306 e. The molecule has 0 radical (unpaired) electrons. The van der Waals surface area contributed by atoms with Gasteiger partial charge in [-0.2, -0.15) is 0 Å². The lowest BCUT2D eigenvalue weighted by Crippen LogP contribution is -2.38. The van der Waals surface area contributed by atoms with Crippen molar-refractivity contribution < 1.29 is 19.1 Å². The molecule has 4 nitrogen and oxygen atoms in total. The first-order chi connectivity index (χ1) is 6.91. The minimum absolute atomic E-state index is 0.115. The van der Waals surface area contributed by atoms with Crippen LogP contribution in [0.2, 0.25) is 0 Å². The van der Waals surface area contributed by atoms with Crippen LogP contribution in [-0.4, -0.2) is 24.1 Å². The van der Waals surface area contributed by atoms with Crippen LogP contribution in [0.4, 0.5) is 0 Å². The summed E-state index contributed by atoms with van der Waals surface area (Å²) < 4.78 is 10.4. The van der Waals surface area contributed by atoms with Gasteiger partial charge in [0.2, 0.25) is 0 Å². The Kier molecular flexibility index (Phi) is 3.72. The van der Waals surface area contributed by atoms with E-state index in [0.29, 0.717) is 6.42 Å². The number of carbonyl (C=O) groups is 2. The summed E-state index contributed by atoms with van der Waals surface area (Å²) >= 11 is 0. The Morgan fingerprint density at radius 2 is 2.13 bits per heavy atom. The smallest absolute Gasteiger partial charge is 0.306 e. The molecule has 0 aromatic heterocycles. The lowest BCUT2D eigenvalue weighted by Gasteiger charge is -2.27. The number of carbonyl (C=O) groups excluding carboxylic acids is 2. The van der Waals surface area contributed by atoms with E-state index >= 15 is 0 Å². The maximum atomic E-state index is 11.1. The van der Waals surface area contributed by atoms with Crippen LogP contribution < -0.4 is 0 Å². The zero-order valence-electron chi connectivity index (χ0n) is 9.65. The van der Waals surface area contributed by atoms with Gasteiger partial charge in [0.05, 0.1) is 6.42 Å². The fourth-order valence-corrected chi connectivity index (χ4v) is 1.86. The maximum absolute atomic E-state index is 11.1. The second-order valence-corrected chi connectivity index (χ2v) is 4.45. The minimum atomic E-state index is -0.330. The van der Waals surface area contributed by atoms with E-state index < -0.39 is 0 Å². The Bertz CT molecular complexity index is 259. The van der Waals surface area contributed by atoms with Crippen LogP contribution >= 0.6 is 0 Å². The molecule has 0 N–H and O–H groups in total. The summed E-state index contributed by atoms with van der Waals surface area (Å²) in [5, 5.41) is 0. The highest BCUT2D eigenvalue weighted by Gasteiger charge is 2.40. The van der Waals surface area contributed by atoms with Gasteiger partial charge >= 0.3 is 11.9 Å². The summed E-state index contributed by atoms with van der Waals surface area (Å²) in [6.45, 7) is 7.21. The summed E-state index contributed by atoms with van der Waals surface area (Å²) in [4.78, 5) is 22.1. The Morgan fingerprint density at radius 3 is 2.47 bits per heavy atom. The second-order valence-electron chi connectivity index (χ2n) is 4.45. The lowest BCUT2D eigenvalue weighted by molar-refractivity contribution is -0.164. The standard InChI is InChI=1S/C11H18O4/c1-6(2)10(14-8(4)12)11-7(3)5-9(13)15-11/h6-7,10-11H,5H2,1-4H3. The average molecular weight is 214 g/mol. The Morgan fingerprint density at radius 1 is 1.53 bits per heavy atom. The van der Waals surface area contributed by atoms with E-state index in [9.17, 15) is 9.59 Å². The van der Waals surface area contributed by atoms with E-state index in [-0.39, 0.29) is 36.0 Å². The minimum Gasteiger partial charge on any atom is -0.458 e. The van der Waals surface area contributed by atoms with Gasteiger partial charge in [0.15, 0.2) is 0 Å². The van der Waals surface area contributed by atoms with E-state index in [1.54, 1.807) is 0 Å². The number of ether oxygens (including phenoxy) is 2. The monoisotopic (exact) mass is 214 g/mol. The molecule has 3 unspecified atom stereocenters. The molecule has 3 atom stereocenters. The van der Waals surface area contributed by atoms with Gasteiger partial charge in [-0.3, -0.25) is 9.59 Å². The fraction of sp³-hybridized carbons (Fsp3) is 0.818. The molecule has 0 amide bonds. The van der Waals surface area contributed by atoms with Crippen LogP contribution in [0.5, 0.6) is 0 Å². The predicted octanol–water partition coefficient (Wildman–Crippen LogP) is 1.53. The lowest BCUT2D eigenvalue weighted by atomic mass is 9.92. The van der Waals surface area contributed by atoms with Gasteiger partial charge in [-0.05, 0) is 5.92 Å². The third-order valence-electron chi connectivity index (χ3n) is 2.60. The van der Waals surface area contributed by atoms with Crippen molar-refractivity contribution in [2.45, 2.75) is 46.3 Å². The van der Waals surface area contributed by atoms with Crippen molar-refractivity contribution in [2.75, 3.05) is 0 Å². The van der Waals surface area contributed by atoms with Crippen molar-refractivity contribution >= 4 is 11.9 Å². The number of cyclic esters (lactones) is 1. The number of rotatable bonds is 3. The molecule has 0 aromatic carbocycles. The van der Waals surface area contributed by atoms with E-state index in [0.717, 1.165) is 0 Å². The van der Waals surface area contributed by atoms with Gasteiger partial charge in [-0.1, -0.05) is 20.8 Å². The molecule has 1 rings (SSSR count). The number of hydrogen-bond donors (Lipinski definition) is 0. The molecule has 1 saturated heterocycles. The van der Waals surface area contributed by atoms with E-state index in [1.165, 1.54) is 6.92 Å². The molecule has 1 fully saturated rings. The highest BCUT2D eigenvalue weighted by atomic mass is 16.6. The molecule has 4 heteroatoms. The van der Waals surface area contributed by atoms with Crippen LogP contribution in [0.15, 0.2) is 0 Å². The molecule has 1 aliphatic rings. The molecule has 15 heavy (non-hydrogen) atoms. The van der Waals surface area contributed by atoms with Crippen molar-refractivity contribution in [1.82, 2.24) is 0 Å².